The molecule has 4 heteroatoms. The fourth-order valence-electron chi connectivity index (χ4n) is 2.02. The molecule has 0 bridgehead atoms. The Kier molecular flexibility index (Phi) is 3.57. The van der Waals surface area contributed by atoms with Gasteiger partial charge in [-0.05, 0) is 36.5 Å². The predicted octanol–water partition coefficient (Wildman–Crippen LogP) is 3.02. The second-order valence-corrected chi connectivity index (χ2v) is 4.63. The molecule has 0 spiro atoms. The minimum Gasteiger partial charge on any atom is -0.497 e. The summed E-state index contributed by atoms with van der Waals surface area (Å²) in [5.41, 5.74) is 0.835. The Balaban J connectivity index is 2.32. The number of carbonyl (C=O) groups is 1. The minimum absolute atomic E-state index is 0.209. The van der Waals surface area contributed by atoms with Crippen molar-refractivity contribution in [1.29, 1.82) is 0 Å². The zero-order valence-corrected chi connectivity index (χ0v) is 10.7. The highest BCUT2D eigenvalue weighted by Gasteiger charge is 2.39. The van der Waals surface area contributed by atoms with E-state index in [-0.39, 0.29) is 11.9 Å². The van der Waals surface area contributed by atoms with Gasteiger partial charge in [0.15, 0.2) is 0 Å². The van der Waals surface area contributed by atoms with Crippen molar-refractivity contribution in [3.8, 4) is 5.75 Å². The van der Waals surface area contributed by atoms with Crippen LogP contribution in [-0.4, -0.2) is 20.2 Å². The molecule has 2 rings (SSSR count). The highest BCUT2D eigenvalue weighted by atomic mass is 35.5. The summed E-state index contributed by atoms with van der Waals surface area (Å²) in [6, 6.07) is 5.40. The number of rotatable bonds is 4. The molecule has 0 N–H and O–H groups in total. The number of hydrogen-bond donors (Lipinski definition) is 0. The van der Waals surface area contributed by atoms with E-state index in [0.717, 1.165) is 18.4 Å². The first kappa shape index (κ1) is 12.2. The Morgan fingerprint density at radius 3 is 2.59 bits per heavy atom. The molecule has 3 nitrogen and oxygen atoms in total. The van der Waals surface area contributed by atoms with Gasteiger partial charge in [-0.15, -0.1) is 0 Å². The third kappa shape index (κ3) is 2.55. The Morgan fingerprint density at radius 2 is 2.12 bits per heavy atom. The summed E-state index contributed by atoms with van der Waals surface area (Å²) < 4.78 is 9.94. The van der Waals surface area contributed by atoms with Gasteiger partial charge in [0.1, 0.15) is 5.75 Å². The van der Waals surface area contributed by atoms with Gasteiger partial charge in [-0.3, -0.25) is 4.79 Å². The number of hydrogen-bond acceptors (Lipinski definition) is 3. The molecule has 0 amide bonds. The van der Waals surface area contributed by atoms with Crippen molar-refractivity contribution >= 4 is 17.6 Å². The van der Waals surface area contributed by atoms with Gasteiger partial charge in [0, 0.05) is 5.02 Å². The van der Waals surface area contributed by atoms with Crippen LogP contribution >= 0.6 is 11.6 Å². The van der Waals surface area contributed by atoms with Gasteiger partial charge in [0.2, 0.25) is 0 Å². The van der Waals surface area contributed by atoms with Crippen molar-refractivity contribution in [2.24, 2.45) is 5.92 Å². The van der Waals surface area contributed by atoms with Crippen LogP contribution in [0.3, 0.4) is 0 Å². The fourth-order valence-corrected chi connectivity index (χ4v) is 2.31. The SMILES string of the molecule is COC(=O)C(c1ccc(OC)cc1Cl)C1CC1. The fraction of sp³-hybridized carbons (Fsp3) is 0.462. The molecule has 92 valence electrons. The maximum Gasteiger partial charge on any atom is 0.313 e. The van der Waals surface area contributed by atoms with Gasteiger partial charge in [-0.25, -0.2) is 0 Å². The third-order valence-corrected chi connectivity index (χ3v) is 3.42. The summed E-state index contributed by atoms with van der Waals surface area (Å²) in [6.07, 6.45) is 2.12. The number of esters is 1. The van der Waals surface area contributed by atoms with Crippen molar-refractivity contribution < 1.29 is 14.3 Å². The average Bonchev–Trinajstić information content (AvgIpc) is 3.15. The third-order valence-electron chi connectivity index (χ3n) is 3.09. The summed E-state index contributed by atoms with van der Waals surface area (Å²) in [6.45, 7) is 0. The number of halogens is 1. The second kappa shape index (κ2) is 4.96. The Bertz CT molecular complexity index is 427. The van der Waals surface area contributed by atoms with Crippen LogP contribution in [0.5, 0.6) is 5.75 Å². The molecule has 1 aromatic rings. The lowest BCUT2D eigenvalue weighted by Crippen LogP contribution is -2.16. The van der Waals surface area contributed by atoms with Crippen LogP contribution < -0.4 is 4.74 Å². The minimum atomic E-state index is -0.238. The van der Waals surface area contributed by atoms with Gasteiger partial charge in [0.05, 0.1) is 20.1 Å². The first-order valence-corrected chi connectivity index (χ1v) is 5.96. The van der Waals surface area contributed by atoms with E-state index in [1.807, 2.05) is 12.1 Å². The van der Waals surface area contributed by atoms with Crippen molar-refractivity contribution in [2.75, 3.05) is 14.2 Å². The van der Waals surface area contributed by atoms with E-state index in [2.05, 4.69) is 0 Å². The van der Waals surface area contributed by atoms with E-state index >= 15 is 0 Å². The maximum absolute atomic E-state index is 11.8. The van der Waals surface area contributed by atoms with Gasteiger partial charge in [-0.2, -0.15) is 0 Å². The molecule has 1 aliphatic carbocycles. The summed E-state index contributed by atoms with van der Waals surface area (Å²) in [4.78, 5) is 11.8. The lowest BCUT2D eigenvalue weighted by atomic mass is 9.94. The van der Waals surface area contributed by atoms with E-state index in [0.29, 0.717) is 16.7 Å². The zero-order chi connectivity index (χ0) is 12.4. The van der Waals surface area contributed by atoms with Crippen molar-refractivity contribution in [3.05, 3.63) is 28.8 Å². The number of ether oxygens (including phenoxy) is 2. The summed E-state index contributed by atoms with van der Waals surface area (Å²) >= 11 is 6.19. The van der Waals surface area contributed by atoms with Crippen LogP contribution in [0.4, 0.5) is 0 Å². The summed E-state index contributed by atoms with van der Waals surface area (Å²) in [5.74, 6) is 0.615. The van der Waals surface area contributed by atoms with Crippen LogP contribution in [0.1, 0.15) is 24.3 Å². The molecule has 1 aromatic carbocycles. The molecule has 17 heavy (non-hydrogen) atoms. The van der Waals surface area contributed by atoms with Crippen LogP contribution in [0.25, 0.3) is 0 Å². The molecule has 0 radical (unpaired) electrons. The zero-order valence-electron chi connectivity index (χ0n) is 9.90. The standard InChI is InChI=1S/C13H15ClO3/c1-16-9-5-6-10(11(14)7-9)12(8-3-4-8)13(15)17-2/h5-8,12H,3-4H2,1-2H3. The second-order valence-electron chi connectivity index (χ2n) is 4.23. The Labute approximate surface area is 106 Å². The van der Waals surface area contributed by atoms with Crippen LogP contribution in [0.2, 0.25) is 5.02 Å². The molecule has 0 aliphatic heterocycles. The molecular formula is C13H15ClO3. The molecule has 0 aromatic heterocycles. The average molecular weight is 255 g/mol. The topological polar surface area (TPSA) is 35.5 Å². The highest BCUT2D eigenvalue weighted by molar-refractivity contribution is 6.31. The molecule has 1 aliphatic rings. The van der Waals surface area contributed by atoms with E-state index in [9.17, 15) is 4.79 Å². The first-order chi connectivity index (χ1) is 8.17. The molecule has 1 atom stereocenters. The summed E-state index contributed by atoms with van der Waals surface area (Å²) in [7, 11) is 3.00. The van der Waals surface area contributed by atoms with Crippen LogP contribution in [-0.2, 0) is 9.53 Å². The smallest absolute Gasteiger partial charge is 0.313 e. The van der Waals surface area contributed by atoms with Crippen molar-refractivity contribution in [3.63, 3.8) is 0 Å². The van der Waals surface area contributed by atoms with E-state index in [1.165, 1.54) is 7.11 Å². The molecule has 0 heterocycles. The van der Waals surface area contributed by atoms with Gasteiger partial charge in [0.25, 0.3) is 0 Å². The number of methoxy groups -OCH3 is 2. The molecule has 1 fully saturated rings. The van der Waals surface area contributed by atoms with Gasteiger partial charge < -0.3 is 9.47 Å². The van der Waals surface area contributed by atoms with E-state index in [1.54, 1.807) is 13.2 Å². The van der Waals surface area contributed by atoms with Crippen molar-refractivity contribution in [1.82, 2.24) is 0 Å². The number of benzene rings is 1. The van der Waals surface area contributed by atoms with Crippen molar-refractivity contribution in [2.45, 2.75) is 18.8 Å². The monoisotopic (exact) mass is 254 g/mol. The Morgan fingerprint density at radius 1 is 1.41 bits per heavy atom. The van der Waals surface area contributed by atoms with E-state index in [4.69, 9.17) is 21.1 Å². The maximum atomic E-state index is 11.8. The first-order valence-electron chi connectivity index (χ1n) is 5.58. The quantitative estimate of drug-likeness (QED) is 0.775. The molecule has 0 saturated heterocycles. The van der Waals surface area contributed by atoms with Crippen LogP contribution in [0, 0.1) is 5.92 Å². The molecule has 1 unspecified atom stereocenters. The highest BCUT2D eigenvalue weighted by Crippen LogP contribution is 2.45. The summed E-state index contributed by atoms with van der Waals surface area (Å²) in [5, 5.41) is 0.562. The predicted molar refractivity (Wildman–Crippen MR) is 65.5 cm³/mol. The van der Waals surface area contributed by atoms with Gasteiger partial charge in [-0.1, -0.05) is 17.7 Å². The lowest BCUT2D eigenvalue weighted by Gasteiger charge is -2.16. The molecular weight excluding hydrogens is 240 g/mol. The molecule has 1 saturated carbocycles. The van der Waals surface area contributed by atoms with Crippen LogP contribution in [0.15, 0.2) is 18.2 Å². The largest absolute Gasteiger partial charge is 0.497 e. The van der Waals surface area contributed by atoms with Gasteiger partial charge >= 0.3 is 5.97 Å². The Hall–Kier alpha value is -1.22. The lowest BCUT2D eigenvalue weighted by molar-refractivity contribution is -0.143. The van der Waals surface area contributed by atoms with E-state index < -0.39 is 0 Å². The number of carbonyl (C=O) groups excluding carboxylic acids is 1. The normalized spacial score (nSPS) is 16.4.